The van der Waals surface area contributed by atoms with E-state index in [4.69, 9.17) is 24.7 Å². The largest absolute Gasteiger partial charge is 0.392 e. The van der Waals surface area contributed by atoms with Crippen LogP contribution in [0, 0.1) is 5.92 Å². The van der Waals surface area contributed by atoms with Crippen molar-refractivity contribution in [3.8, 4) is 11.1 Å². The number of benzene rings is 3. The fourth-order valence-corrected chi connectivity index (χ4v) is 6.19. The van der Waals surface area contributed by atoms with Crippen LogP contribution in [-0.4, -0.2) is 54.7 Å². The fourth-order valence-electron chi connectivity index (χ4n) is 6.19. The van der Waals surface area contributed by atoms with Gasteiger partial charge in [0, 0.05) is 50.5 Å². The van der Waals surface area contributed by atoms with E-state index in [1.807, 2.05) is 24.3 Å². The highest BCUT2D eigenvalue weighted by Crippen LogP contribution is 2.43. The molecular weight excluding hydrogens is 504 g/mol. The first-order chi connectivity index (χ1) is 19.6. The van der Waals surface area contributed by atoms with Crippen molar-refractivity contribution in [3.63, 3.8) is 0 Å². The summed E-state index contributed by atoms with van der Waals surface area (Å²) in [5.41, 5.74) is 12.2. The minimum absolute atomic E-state index is 0.0232. The fraction of sp³-hybridized carbons (Fsp3) is 0.455. The van der Waals surface area contributed by atoms with E-state index in [2.05, 4.69) is 60.4 Å². The second kappa shape index (κ2) is 12.1. The Bertz CT molecular complexity index is 1270. The topological polar surface area (TPSA) is 86.4 Å². The summed E-state index contributed by atoms with van der Waals surface area (Å²) >= 11 is 0. The molecule has 1 spiro atoms. The van der Waals surface area contributed by atoms with Gasteiger partial charge < -0.3 is 34.7 Å². The summed E-state index contributed by atoms with van der Waals surface area (Å²) in [7, 11) is 0. The third kappa shape index (κ3) is 5.87. The van der Waals surface area contributed by atoms with Crippen molar-refractivity contribution in [2.24, 2.45) is 11.7 Å². The Morgan fingerprint density at radius 1 is 0.850 bits per heavy atom. The van der Waals surface area contributed by atoms with Gasteiger partial charge in [0.1, 0.15) is 0 Å². The van der Waals surface area contributed by atoms with Crippen LogP contribution in [0.5, 0.6) is 0 Å². The molecule has 0 aromatic heterocycles. The summed E-state index contributed by atoms with van der Waals surface area (Å²) in [6, 6.07) is 24.9. The van der Waals surface area contributed by atoms with Crippen LogP contribution in [0.1, 0.15) is 54.4 Å². The Labute approximate surface area is 236 Å². The van der Waals surface area contributed by atoms with Gasteiger partial charge in [-0.2, -0.15) is 0 Å². The smallest absolute Gasteiger partial charge is 0.184 e. The van der Waals surface area contributed by atoms with Gasteiger partial charge in [-0.05, 0) is 39.9 Å². The molecule has 7 heteroatoms. The molecule has 3 aromatic carbocycles. The van der Waals surface area contributed by atoms with Crippen LogP contribution in [-0.2, 0) is 32.1 Å². The van der Waals surface area contributed by atoms with E-state index >= 15 is 0 Å². The zero-order chi connectivity index (χ0) is 27.5. The molecule has 0 saturated carbocycles. The zero-order valence-electron chi connectivity index (χ0n) is 23.2. The second-order valence-electron chi connectivity index (χ2n) is 11.3. The van der Waals surface area contributed by atoms with Crippen LogP contribution in [0.2, 0.25) is 0 Å². The van der Waals surface area contributed by atoms with E-state index in [0.717, 1.165) is 65.9 Å². The van der Waals surface area contributed by atoms with Gasteiger partial charge in [-0.3, -0.25) is 0 Å². The molecule has 212 valence electrons. The lowest BCUT2D eigenvalue weighted by molar-refractivity contribution is -0.278. The average Bonchev–Trinajstić information content (AvgIpc) is 3.47. The first-order valence-corrected chi connectivity index (χ1v) is 14.5. The van der Waals surface area contributed by atoms with Crippen molar-refractivity contribution in [3.05, 3.63) is 95.1 Å². The quantitative estimate of drug-likeness (QED) is 0.436. The summed E-state index contributed by atoms with van der Waals surface area (Å²) in [5.74, 6) is -0.254. The number of nitrogens with two attached hydrogens (primary N) is 1. The first kappa shape index (κ1) is 27.5. The number of ether oxygens (including phenoxy) is 4. The number of aliphatic hydroxyl groups is 1. The van der Waals surface area contributed by atoms with E-state index in [0.29, 0.717) is 19.8 Å². The summed E-state index contributed by atoms with van der Waals surface area (Å²) in [6.07, 6.45) is 1.09. The van der Waals surface area contributed by atoms with Crippen molar-refractivity contribution in [1.29, 1.82) is 0 Å². The third-order valence-corrected chi connectivity index (χ3v) is 8.65. The highest BCUT2D eigenvalue weighted by molar-refractivity contribution is 5.65. The summed E-state index contributed by atoms with van der Waals surface area (Å²) in [5, 5.41) is 9.55. The van der Waals surface area contributed by atoms with Gasteiger partial charge in [-0.15, -0.1) is 0 Å². The molecule has 4 atom stereocenters. The van der Waals surface area contributed by atoms with Gasteiger partial charge in [0.25, 0.3) is 0 Å². The van der Waals surface area contributed by atoms with Crippen LogP contribution in [0.25, 0.3) is 11.1 Å². The Morgan fingerprint density at radius 3 is 2.25 bits per heavy atom. The van der Waals surface area contributed by atoms with Crippen LogP contribution >= 0.6 is 0 Å². The van der Waals surface area contributed by atoms with E-state index in [-0.39, 0.29) is 30.5 Å². The van der Waals surface area contributed by atoms with Crippen molar-refractivity contribution >= 4 is 0 Å². The number of piperidine rings is 1. The molecular formula is C33H40N2O5. The number of likely N-dealkylation sites (tertiary alicyclic amines) is 1. The van der Waals surface area contributed by atoms with Crippen LogP contribution in [0.4, 0.5) is 0 Å². The highest BCUT2D eigenvalue weighted by Gasteiger charge is 2.43. The van der Waals surface area contributed by atoms with Crippen LogP contribution < -0.4 is 5.73 Å². The summed E-state index contributed by atoms with van der Waals surface area (Å²) in [6.45, 7) is 6.78. The molecule has 0 aliphatic carbocycles. The van der Waals surface area contributed by atoms with Gasteiger partial charge in [-0.25, -0.2) is 0 Å². The standard InChI is InChI=1S/C33H40N2O5/c1-23-30(21-35-14-12-33(13-15-35)37-16-17-38-33)39-32(40-31(23)26-10-8-24(22-36)9-11-26)29-7-3-6-28(19-29)27-5-2-4-25(18-27)20-34/h2-11,18-19,23,30-32,36H,12-17,20-22,34H2,1H3. The molecule has 7 nitrogen and oxygen atoms in total. The molecule has 0 amide bonds. The molecule has 3 fully saturated rings. The molecule has 3 saturated heterocycles. The average molecular weight is 545 g/mol. The minimum atomic E-state index is -0.501. The van der Waals surface area contributed by atoms with E-state index in [1.165, 1.54) is 0 Å². The van der Waals surface area contributed by atoms with E-state index in [9.17, 15) is 5.11 Å². The van der Waals surface area contributed by atoms with Crippen molar-refractivity contribution in [1.82, 2.24) is 4.90 Å². The molecule has 3 aliphatic heterocycles. The van der Waals surface area contributed by atoms with Gasteiger partial charge in [0.15, 0.2) is 12.1 Å². The minimum Gasteiger partial charge on any atom is -0.392 e. The predicted octanol–water partition coefficient (Wildman–Crippen LogP) is 4.93. The van der Waals surface area contributed by atoms with Gasteiger partial charge in [0.05, 0.1) is 32.0 Å². The number of nitrogens with zero attached hydrogens (tertiary/aromatic N) is 1. The SMILES string of the molecule is CC1C(CN2CCC3(CC2)OCCO3)OC(c2cccc(-c3cccc(CN)c3)c2)OC1c1ccc(CO)cc1. The maximum absolute atomic E-state index is 9.55. The van der Waals surface area contributed by atoms with E-state index in [1.54, 1.807) is 0 Å². The molecule has 3 aromatic rings. The number of aliphatic hydroxyl groups excluding tert-OH is 1. The van der Waals surface area contributed by atoms with Crippen LogP contribution in [0.15, 0.2) is 72.8 Å². The zero-order valence-corrected chi connectivity index (χ0v) is 23.2. The Morgan fingerprint density at radius 2 is 1.55 bits per heavy atom. The van der Waals surface area contributed by atoms with Crippen molar-refractivity contribution < 1.29 is 24.1 Å². The molecule has 3 aliphatic rings. The molecule has 0 bridgehead atoms. The number of rotatable bonds is 7. The van der Waals surface area contributed by atoms with Crippen molar-refractivity contribution in [2.75, 3.05) is 32.8 Å². The maximum Gasteiger partial charge on any atom is 0.184 e. The number of hydrogen-bond acceptors (Lipinski definition) is 7. The summed E-state index contributed by atoms with van der Waals surface area (Å²) < 4.78 is 25.4. The third-order valence-electron chi connectivity index (χ3n) is 8.65. The Hall–Kier alpha value is -2.62. The monoisotopic (exact) mass is 544 g/mol. The lowest BCUT2D eigenvalue weighted by Crippen LogP contribution is -2.50. The molecule has 6 rings (SSSR count). The van der Waals surface area contributed by atoms with Gasteiger partial charge in [0.2, 0.25) is 0 Å². The molecule has 4 unspecified atom stereocenters. The lowest BCUT2D eigenvalue weighted by Gasteiger charge is -2.44. The molecule has 40 heavy (non-hydrogen) atoms. The first-order valence-electron chi connectivity index (χ1n) is 14.5. The van der Waals surface area contributed by atoms with E-state index < -0.39 is 6.29 Å². The lowest BCUT2D eigenvalue weighted by atomic mass is 9.89. The van der Waals surface area contributed by atoms with Gasteiger partial charge in [-0.1, -0.05) is 67.6 Å². The van der Waals surface area contributed by atoms with Gasteiger partial charge >= 0.3 is 0 Å². The molecule has 3 N–H and O–H groups in total. The molecule has 0 radical (unpaired) electrons. The second-order valence-corrected chi connectivity index (χ2v) is 11.3. The predicted molar refractivity (Wildman–Crippen MR) is 153 cm³/mol. The maximum atomic E-state index is 9.55. The summed E-state index contributed by atoms with van der Waals surface area (Å²) in [4.78, 5) is 2.47. The van der Waals surface area contributed by atoms with Crippen LogP contribution in [0.3, 0.4) is 0 Å². The highest BCUT2D eigenvalue weighted by atomic mass is 16.7. The Balaban J connectivity index is 1.25. The molecule has 3 heterocycles. The number of hydrogen-bond donors (Lipinski definition) is 2. The van der Waals surface area contributed by atoms with Crippen molar-refractivity contribution in [2.45, 2.75) is 57.2 Å². The Kier molecular flexibility index (Phi) is 8.32. The normalized spacial score (nSPS) is 26.8.